The molecule has 21 heavy (non-hydrogen) atoms. The molecule has 0 aliphatic heterocycles. The third-order valence-electron chi connectivity index (χ3n) is 2.60. The van der Waals surface area contributed by atoms with Gasteiger partial charge in [-0.3, -0.25) is 9.48 Å². The number of aryl methyl sites for hydroxylation is 1. The van der Waals surface area contributed by atoms with Crippen LogP contribution >= 0.6 is 11.3 Å². The van der Waals surface area contributed by atoms with Gasteiger partial charge in [-0.1, -0.05) is 11.3 Å². The third kappa shape index (κ3) is 3.63. The lowest BCUT2D eigenvalue weighted by atomic mass is 10.3. The van der Waals surface area contributed by atoms with E-state index < -0.39 is 5.97 Å². The fourth-order valence-corrected chi connectivity index (χ4v) is 2.52. The van der Waals surface area contributed by atoms with Crippen LogP contribution in [0.15, 0.2) is 6.33 Å². The summed E-state index contributed by atoms with van der Waals surface area (Å²) in [5.41, 5.74) is 0.0495. The fraction of sp³-hybridized carbons (Fsp3) is 0.417. The van der Waals surface area contributed by atoms with E-state index in [4.69, 9.17) is 0 Å². The molecule has 0 bridgehead atoms. The lowest BCUT2D eigenvalue weighted by Gasteiger charge is -1.99. The summed E-state index contributed by atoms with van der Waals surface area (Å²) in [6, 6.07) is 0. The Bertz CT molecular complexity index is 664. The number of Topliss-reactive ketones (excluding diaryl/α,β-unsaturated/α-hetero) is 1. The summed E-state index contributed by atoms with van der Waals surface area (Å²) in [6.07, 6.45) is 2.24. The van der Waals surface area contributed by atoms with Crippen molar-refractivity contribution in [2.24, 2.45) is 7.05 Å². The average molecular weight is 309 g/mol. The van der Waals surface area contributed by atoms with Crippen LogP contribution in [0.3, 0.4) is 0 Å². The maximum absolute atomic E-state index is 11.6. The quantitative estimate of drug-likeness (QED) is 0.625. The second-order valence-electron chi connectivity index (χ2n) is 4.26. The number of rotatable bonds is 6. The summed E-state index contributed by atoms with van der Waals surface area (Å²) < 4.78 is 6.25. The maximum atomic E-state index is 11.6. The molecule has 1 N–H and O–H groups in total. The van der Waals surface area contributed by atoms with Crippen molar-refractivity contribution in [1.29, 1.82) is 0 Å². The number of thiazole rings is 1. The summed E-state index contributed by atoms with van der Waals surface area (Å²) >= 11 is 1.13. The molecular formula is C12H15N5O3S. The standard InChI is InChI=1S/C12H15N5O3S/c1-7(18)10-9(11(19)20-3)15-12(21-10)13-5-4-8-14-6-17(2)16-8/h6H,4-5H2,1-3H3,(H,13,15). The van der Waals surface area contributed by atoms with Gasteiger partial charge < -0.3 is 10.1 Å². The first-order valence-electron chi connectivity index (χ1n) is 6.19. The van der Waals surface area contributed by atoms with Crippen LogP contribution in [0.5, 0.6) is 0 Å². The SMILES string of the molecule is COC(=O)c1nc(NCCc2ncn(C)n2)sc1C(C)=O. The van der Waals surface area contributed by atoms with Crippen molar-refractivity contribution < 1.29 is 14.3 Å². The first-order valence-corrected chi connectivity index (χ1v) is 7.01. The normalized spacial score (nSPS) is 10.4. The van der Waals surface area contributed by atoms with E-state index in [0.717, 1.165) is 11.3 Å². The molecule has 0 saturated heterocycles. The van der Waals surface area contributed by atoms with Crippen LogP contribution in [0.2, 0.25) is 0 Å². The van der Waals surface area contributed by atoms with E-state index in [1.807, 2.05) is 0 Å². The highest BCUT2D eigenvalue weighted by Crippen LogP contribution is 2.24. The molecule has 8 nitrogen and oxygen atoms in total. The summed E-state index contributed by atoms with van der Waals surface area (Å²) in [6.45, 7) is 1.94. The van der Waals surface area contributed by atoms with E-state index in [9.17, 15) is 9.59 Å². The zero-order valence-electron chi connectivity index (χ0n) is 11.9. The first kappa shape index (κ1) is 15.1. The Labute approximate surface area is 125 Å². The van der Waals surface area contributed by atoms with E-state index in [2.05, 4.69) is 25.1 Å². The van der Waals surface area contributed by atoms with E-state index >= 15 is 0 Å². The molecule has 0 aromatic carbocycles. The van der Waals surface area contributed by atoms with Gasteiger partial charge in [-0.15, -0.1) is 0 Å². The van der Waals surface area contributed by atoms with Crippen LogP contribution < -0.4 is 5.32 Å². The van der Waals surface area contributed by atoms with Crippen LogP contribution in [-0.4, -0.2) is 45.2 Å². The second-order valence-corrected chi connectivity index (χ2v) is 5.25. The molecule has 0 aliphatic carbocycles. The van der Waals surface area contributed by atoms with Crippen molar-refractivity contribution >= 4 is 28.2 Å². The monoisotopic (exact) mass is 309 g/mol. The van der Waals surface area contributed by atoms with Crippen LogP contribution in [0.25, 0.3) is 0 Å². The number of anilines is 1. The van der Waals surface area contributed by atoms with Crippen molar-refractivity contribution in [3.05, 3.63) is 22.7 Å². The highest BCUT2D eigenvalue weighted by atomic mass is 32.1. The van der Waals surface area contributed by atoms with Crippen molar-refractivity contribution in [2.45, 2.75) is 13.3 Å². The molecule has 0 radical (unpaired) electrons. The molecule has 0 fully saturated rings. The van der Waals surface area contributed by atoms with E-state index in [1.54, 1.807) is 18.1 Å². The number of methoxy groups -OCH3 is 1. The van der Waals surface area contributed by atoms with E-state index in [1.165, 1.54) is 14.0 Å². The molecule has 0 aliphatic rings. The Kier molecular flexibility index (Phi) is 4.63. The molecule has 0 saturated carbocycles. The van der Waals surface area contributed by atoms with Gasteiger partial charge in [-0.05, 0) is 0 Å². The average Bonchev–Trinajstić information content (AvgIpc) is 3.05. The highest BCUT2D eigenvalue weighted by molar-refractivity contribution is 7.17. The van der Waals surface area contributed by atoms with Gasteiger partial charge in [0.1, 0.15) is 11.2 Å². The Hall–Kier alpha value is -2.29. The zero-order chi connectivity index (χ0) is 15.4. The van der Waals surface area contributed by atoms with Gasteiger partial charge in [0.05, 0.1) is 7.11 Å². The van der Waals surface area contributed by atoms with Crippen LogP contribution in [0.1, 0.15) is 32.9 Å². The van der Waals surface area contributed by atoms with Crippen molar-refractivity contribution in [1.82, 2.24) is 19.7 Å². The number of ketones is 1. The van der Waals surface area contributed by atoms with Gasteiger partial charge >= 0.3 is 5.97 Å². The minimum absolute atomic E-state index is 0.0495. The summed E-state index contributed by atoms with van der Waals surface area (Å²) in [5, 5.41) is 7.71. The molecule has 0 unspecified atom stereocenters. The molecule has 2 rings (SSSR count). The van der Waals surface area contributed by atoms with E-state index in [-0.39, 0.29) is 11.5 Å². The molecule has 2 aromatic heterocycles. The van der Waals surface area contributed by atoms with Crippen LogP contribution in [0.4, 0.5) is 5.13 Å². The Balaban J connectivity index is 2.03. The van der Waals surface area contributed by atoms with Crippen molar-refractivity contribution in [3.8, 4) is 0 Å². The third-order valence-corrected chi connectivity index (χ3v) is 3.71. The molecule has 0 spiro atoms. The Morgan fingerprint density at radius 1 is 1.48 bits per heavy atom. The number of aromatic nitrogens is 4. The van der Waals surface area contributed by atoms with Crippen LogP contribution in [0, 0.1) is 0 Å². The molecule has 0 atom stereocenters. The van der Waals surface area contributed by atoms with Gasteiger partial charge in [-0.2, -0.15) is 5.10 Å². The Morgan fingerprint density at radius 2 is 2.24 bits per heavy atom. The number of carbonyl (C=O) groups is 2. The fourth-order valence-electron chi connectivity index (χ4n) is 1.65. The second kappa shape index (κ2) is 6.44. The number of hydrogen-bond acceptors (Lipinski definition) is 8. The minimum atomic E-state index is -0.615. The molecule has 0 amide bonds. The summed E-state index contributed by atoms with van der Waals surface area (Å²) in [7, 11) is 3.05. The number of nitrogens with zero attached hydrogens (tertiary/aromatic N) is 4. The summed E-state index contributed by atoms with van der Waals surface area (Å²) in [5.74, 6) is -0.121. The smallest absolute Gasteiger partial charge is 0.358 e. The predicted molar refractivity (Wildman–Crippen MR) is 76.7 cm³/mol. The number of hydrogen-bond donors (Lipinski definition) is 1. The lowest BCUT2D eigenvalue weighted by molar-refractivity contribution is 0.0591. The van der Waals surface area contributed by atoms with Gasteiger partial charge in [0.25, 0.3) is 0 Å². The first-order chi connectivity index (χ1) is 10.0. The number of carbonyl (C=O) groups excluding carboxylic acids is 2. The van der Waals surface area contributed by atoms with Crippen LogP contribution in [-0.2, 0) is 18.2 Å². The van der Waals surface area contributed by atoms with E-state index in [0.29, 0.717) is 28.8 Å². The number of esters is 1. The molecular weight excluding hydrogens is 294 g/mol. The number of nitrogens with one attached hydrogen (secondary N) is 1. The molecule has 9 heteroatoms. The van der Waals surface area contributed by atoms with Gasteiger partial charge in [0, 0.05) is 26.9 Å². The molecule has 2 heterocycles. The zero-order valence-corrected chi connectivity index (χ0v) is 12.7. The summed E-state index contributed by atoms with van der Waals surface area (Å²) in [4.78, 5) is 31.6. The Morgan fingerprint density at radius 3 is 2.81 bits per heavy atom. The minimum Gasteiger partial charge on any atom is -0.464 e. The van der Waals surface area contributed by atoms with Crippen molar-refractivity contribution in [2.75, 3.05) is 19.0 Å². The molecule has 2 aromatic rings. The van der Waals surface area contributed by atoms with Crippen molar-refractivity contribution in [3.63, 3.8) is 0 Å². The lowest BCUT2D eigenvalue weighted by Crippen LogP contribution is -2.08. The largest absolute Gasteiger partial charge is 0.464 e. The maximum Gasteiger partial charge on any atom is 0.358 e. The number of ether oxygens (including phenoxy) is 1. The van der Waals surface area contributed by atoms with Gasteiger partial charge in [0.15, 0.2) is 22.4 Å². The van der Waals surface area contributed by atoms with Gasteiger partial charge in [0.2, 0.25) is 0 Å². The highest BCUT2D eigenvalue weighted by Gasteiger charge is 2.21. The van der Waals surface area contributed by atoms with Gasteiger partial charge in [-0.25, -0.2) is 14.8 Å². The predicted octanol–water partition coefficient (Wildman–Crippen LogP) is 0.915. The molecule has 112 valence electrons. The topological polar surface area (TPSA) is 99.0 Å².